The third-order valence-electron chi connectivity index (χ3n) is 2.55. The van der Waals surface area contributed by atoms with E-state index in [0.29, 0.717) is 28.2 Å². The predicted molar refractivity (Wildman–Crippen MR) is 73.1 cm³/mol. The highest BCUT2D eigenvalue weighted by atomic mass is 35.5. The summed E-state index contributed by atoms with van der Waals surface area (Å²) in [6.45, 7) is -0.119. The molecular weight excluding hydrogens is 264 g/mol. The Hall–Kier alpha value is -2.13. The van der Waals surface area contributed by atoms with Gasteiger partial charge in [0.15, 0.2) is 18.7 Å². The zero-order chi connectivity index (χ0) is 13.7. The standard InChI is InChI=1S/C15H11ClO3/c16-13-6-7-15(12(8-13)9-17)19-10-14(18)11-4-2-1-3-5-11/h1-9H,10H2. The number of ketones is 1. The van der Waals surface area contributed by atoms with E-state index >= 15 is 0 Å². The highest BCUT2D eigenvalue weighted by Gasteiger charge is 2.09. The summed E-state index contributed by atoms with van der Waals surface area (Å²) in [6, 6.07) is 13.5. The number of rotatable bonds is 5. The Bertz CT molecular complexity index is 594. The molecule has 0 atom stereocenters. The van der Waals surface area contributed by atoms with Gasteiger partial charge >= 0.3 is 0 Å². The van der Waals surface area contributed by atoms with Crippen molar-refractivity contribution in [1.29, 1.82) is 0 Å². The van der Waals surface area contributed by atoms with Crippen molar-refractivity contribution in [2.24, 2.45) is 0 Å². The number of halogens is 1. The van der Waals surface area contributed by atoms with Crippen LogP contribution in [0.25, 0.3) is 0 Å². The molecule has 0 spiro atoms. The molecule has 0 amide bonds. The third-order valence-corrected chi connectivity index (χ3v) is 2.79. The minimum Gasteiger partial charge on any atom is -0.485 e. The molecule has 0 N–H and O–H groups in total. The first kappa shape index (κ1) is 13.3. The zero-order valence-electron chi connectivity index (χ0n) is 10.0. The maximum Gasteiger partial charge on any atom is 0.200 e. The van der Waals surface area contributed by atoms with Crippen molar-refractivity contribution in [3.8, 4) is 5.75 Å². The van der Waals surface area contributed by atoms with Crippen LogP contribution >= 0.6 is 11.6 Å². The summed E-state index contributed by atoms with van der Waals surface area (Å²) in [5.74, 6) is 0.205. The Labute approximate surface area is 115 Å². The largest absolute Gasteiger partial charge is 0.485 e. The van der Waals surface area contributed by atoms with Gasteiger partial charge in [0.25, 0.3) is 0 Å². The number of aldehydes is 1. The fraction of sp³-hybridized carbons (Fsp3) is 0.0667. The summed E-state index contributed by atoms with van der Waals surface area (Å²) in [7, 11) is 0. The smallest absolute Gasteiger partial charge is 0.200 e. The SMILES string of the molecule is O=Cc1cc(Cl)ccc1OCC(=O)c1ccccc1. The Kier molecular flexibility index (Phi) is 4.31. The fourth-order valence-corrected chi connectivity index (χ4v) is 1.77. The normalized spacial score (nSPS) is 9.95. The van der Waals surface area contributed by atoms with Gasteiger partial charge in [0.05, 0.1) is 5.56 Å². The number of benzene rings is 2. The van der Waals surface area contributed by atoms with Gasteiger partial charge in [-0.05, 0) is 18.2 Å². The van der Waals surface area contributed by atoms with Crippen molar-refractivity contribution >= 4 is 23.7 Å². The molecule has 0 aliphatic carbocycles. The molecule has 2 aromatic carbocycles. The lowest BCUT2D eigenvalue weighted by Crippen LogP contribution is -2.12. The highest BCUT2D eigenvalue weighted by Crippen LogP contribution is 2.21. The minimum atomic E-state index is -0.146. The Balaban J connectivity index is 2.07. The zero-order valence-corrected chi connectivity index (χ0v) is 10.8. The van der Waals surface area contributed by atoms with Gasteiger partial charge in [0, 0.05) is 10.6 Å². The summed E-state index contributed by atoms with van der Waals surface area (Å²) >= 11 is 5.77. The van der Waals surface area contributed by atoms with Crippen LogP contribution in [0, 0.1) is 0 Å². The number of hydrogen-bond donors (Lipinski definition) is 0. The molecule has 0 aliphatic heterocycles. The van der Waals surface area contributed by atoms with Gasteiger partial charge in [0.2, 0.25) is 0 Å². The highest BCUT2D eigenvalue weighted by molar-refractivity contribution is 6.30. The van der Waals surface area contributed by atoms with Crippen LogP contribution in [0.5, 0.6) is 5.75 Å². The number of ether oxygens (including phenoxy) is 1. The molecule has 19 heavy (non-hydrogen) atoms. The molecule has 96 valence electrons. The minimum absolute atomic E-state index is 0.119. The van der Waals surface area contributed by atoms with Gasteiger partial charge in [-0.1, -0.05) is 41.9 Å². The molecule has 2 aromatic rings. The van der Waals surface area contributed by atoms with Gasteiger partial charge in [-0.3, -0.25) is 9.59 Å². The van der Waals surface area contributed by atoms with E-state index in [9.17, 15) is 9.59 Å². The molecule has 0 saturated carbocycles. The lowest BCUT2D eigenvalue weighted by atomic mass is 10.1. The monoisotopic (exact) mass is 274 g/mol. The van der Waals surface area contributed by atoms with Crippen molar-refractivity contribution in [2.45, 2.75) is 0 Å². The fourth-order valence-electron chi connectivity index (χ4n) is 1.59. The molecule has 0 fully saturated rings. The van der Waals surface area contributed by atoms with Gasteiger partial charge in [-0.2, -0.15) is 0 Å². The molecule has 0 aliphatic rings. The Morgan fingerprint density at radius 2 is 1.89 bits per heavy atom. The number of carbonyl (C=O) groups is 2. The van der Waals surface area contributed by atoms with Crippen LogP contribution in [0.15, 0.2) is 48.5 Å². The van der Waals surface area contributed by atoms with Crippen molar-refractivity contribution in [3.63, 3.8) is 0 Å². The molecular formula is C15H11ClO3. The second kappa shape index (κ2) is 6.16. The summed E-state index contributed by atoms with van der Waals surface area (Å²) in [5, 5.41) is 0.448. The number of Topliss-reactive ketones (excluding diaryl/α,β-unsaturated/α-hetero) is 1. The summed E-state index contributed by atoms with van der Waals surface area (Å²) in [6.07, 6.45) is 0.647. The first-order valence-corrected chi connectivity index (χ1v) is 6.04. The van der Waals surface area contributed by atoms with Crippen molar-refractivity contribution in [2.75, 3.05) is 6.61 Å². The number of hydrogen-bond acceptors (Lipinski definition) is 3. The van der Waals surface area contributed by atoms with E-state index in [2.05, 4.69) is 0 Å². The maximum atomic E-state index is 11.8. The van der Waals surface area contributed by atoms with E-state index in [1.54, 1.807) is 36.4 Å². The van der Waals surface area contributed by atoms with E-state index in [-0.39, 0.29) is 12.4 Å². The van der Waals surface area contributed by atoms with Gasteiger partial charge in [0.1, 0.15) is 5.75 Å². The lowest BCUT2D eigenvalue weighted by Gasteiger charge is -2.08. The predicted octanol–water partition coefficient (Wildman–Crippen LogP) is 3.41. The van der Waals surface area contributed by atoms with E-state index in [1.807, 2.05) is 6.07 Å². The lowest BCUT2D eigenvalue weighted by molar-refractivity contribution is 0.0918. The van der Waals surface area contributed by atoms with Crippen LogP contribution in [0.1, 0.15) is 20.7 Å². The summed E-state index contributed by atoms with van der Waals surface area (Å²) in [4.78, 5) is 22.7. The molecule has 0 saturated heterocycles. The molecule has 0 aromatic heterocycles. The van der Waals surface area contributed by atoms with Gasteiger partial charge in [-0.15, -0.1) is 0 Å². The van der Waals surface area contributed by atoms with Crippen LogP contribution in [-0.4, -0.2) is 18.7 Å². The molecule has 0 unspecified atom stereocenters. The summed E-state index contributed by atoms with van der Waals surface area (Å²) in [5.41, 5.74) is 0.900. The van der Waals surface area contributed by atoms with Crippen molar-refractivity contribution in [1.82, 2.24) is 0 Å². The van der Waals surface area contributed by atoms with Gasteiger partial charge in [-0.25, -0.2) is 0 Å². The molecule has 0 radical (unpaired) electrons. The van der Waals surface area contributed by atoms with Crippen LogP contribution < -0.4 is 4.74 Å². The van der Waals surface area contributed by atoms with Crippen LogP contribution in [0.4, 0.5) is 0 Å². The Morgan fingerprint density at radius 3 is 2.58 bits per heavy atom. The van der Waals surface area contributed by atoms with Crippen LogP contribution in [0.3, 0.4) is 0 Å². The second-order valence-corrected chi connectivity index (χ2v) is 4.31. The van der Waals surface area contributed by atoms with Crippen LogP contribution in [0.2, 0.25) is 5.02 Å². The first-order valence-electron chi connectivity index (χ1n) is 5.66. The quantitative estimate of drug-likeness (QED) is 0.620. The van der Waals surface area contributed by atoms with E-state index < -0.39 is 0 Å². The average molecular weight is 275 g/mol. The molecule has 3 nitrogen and oxygen atoms in total. The number of carbonyl (C=O) groups excluding carboxylic acids is 2. The van der Waals surface area contributed by atoms with Crippen molar-refractivity contribution in [3.05, 3.63) is 64.7 Å². The topological polar surface area (TPSA) is 43.4 Å². The summed E-state index contributed by atoms with van der Waals surface area (Å²) < 4.78 is 5.36. The Morgan fingerprint density at radius 1 is 1.16 bits per heavy atom. The maximum absolute atomic E-state index is 11.8. The molecule has 4 heteroatoms. The van der Waals surface area contributed by atoms with Gasteiger partial charge < -0.3 is 4.74 Å². The van der Waals surface area contributed by atoms with Crippen molar-refractivity contribution < 1.29 is 14.3 Å². The molecule has 2 rings (SSSR count). The van der Waals surface area contributed by atoms with E-state index in [4.69, 9.17) is 16.3 Å². The van der Waals surface area contributed by atoms with Crippen LogP contribution in [-0.2, 0) is 0 Å². The second-order valence-electron chi connectivity index (χ2n) is 3.88. The van der Waals surface area contributed by atoms with E-state index in [0.717, 1.165) is 0 Å². The molecule has 0 bridgehead atoms. The van der Waals surface area contributed by atoms with E-state index in [1.165, 1.54) is 6.07 Å². The molecule has 0 heterocycles. The first-order chi connectivity index (χ1) is 9.20. The third kappa shape index (κ3) is 3.42. The average Bonchev–Trinajstić information content (AvgIpc) is 2.46.